The van der Waals surface area contributed by atoms with Gasteiger partial charge in [0.25, 0.3) is 15.9 Å². The number of aryl methyl sites for hydroxylation is 1. The normalized spacial score (nSPS) is 11.3. The minimum Gasteiger partial charge on any atom is -0.495 e. The number of benzene rings is 3. The van der Waals surface area contributed by atoms with Gasteiger partial charge in [-0.15, -0.1) is 0 Å². The first-order valence-corrected chi connectivity index (χ1v) is 13.1. The fraction of sp³-hybridized carbons (Fsp3) is 0.296. The maximum atomic E-state index is 13.0. The summed E-state index contributed by atoms with van der Waals surface area (Å²) in [7, 11) is -2.58. The summed E-state index contributed by atoms with van der Waals surface area (Å²) >= 11 is 0. The van der Waals surface area contributed by atoms with Crippen LogP contribution in [0.15, 0.2) is 71.6 Å². The van der Waals surface area contributed by atoms with Gasteiger partial charge in [0, 0.05) is 24.3 Å². The lowest BCUT2D eigenvalue weighted by molar-refractivity contribution is 0.0950. The van der Waals surface area contributed by atoms with E-state index in [9.17, 15) is 13.2 Å². The highest BCUT2D eigenvalue weighted by Gasteiger charge is 2.22. The number of nitrogens with zero attached hydrogens (tertiary/aromatic N) is 1. The molecule has 0 atom stereocenters. The van der Waals surface area contributed by atoms with E-state index in [0.717, 1.165) is 30.8 Å². The van der Waals surface area contributed by atoms with Gasteiger partial charge in [-0.2, -0.15) is 0 Å². The Morgan fingerprint density at radius 2 is 1.54 bits per heavy atom. The molecule has 0 radical (unpaired) electrons. The van der Waals surface area contributed by atoms with E-state index in [1.807, 2.05) is 31.2 Å². The monoisotopic (exact) mass is 495 g/mol. The minimum absolute atomic E-state index is 0.103. The lowest BCUT2D eigenvalue weighted by Crippen LogP contribution is -2.24. The van der Waals surface area contributed by atoms with Crippen molar-refractivity contribution in [3.8, 4) is 5.75 Å². The summed E-state index contributed by atoms with van der Waals surface area (Å²) in [6, 6.07) is 19.5. The second-order valence-electron chi connectivity index (χ2n) is 8.30. The summed E-state index contributed by atoms with van der Waals surface area (Å²) in [4.78, 5) is 15.0. The van der Waals surface area contributed by atoms with Crippen LogP contribution in [0.2, 0.25) is 0 Å². The van der Waals surface area contributed by atoms with E-state index in [0.29, 0.717) is 12.2 Å². The van der Waals surface area contributed by atoms with Gasteiger partial charge in [0.2, 0.25) is 0 Å². The molecule has 0 fully saturated rings. The van der Waals surface area contributed by atoms with Crippen molar-refractivity contribution in [2.45, 2.75) is 38.8 Å². The van der Waals surface area contributed by atoms with Gasteiger partial charge in [0.05, 0.1) is 7.11 Å². The smallest absolute Gasteiger partial charge is 0.265 e. The molecule has 3 aromatic rings. The molecule has 2 N–H and O–H groups in total. The van der Waals surface area contributed by atoms with Crippen molar-refractivity contribution in [2.24, 2.45) is 0 Å². The largest absolute Gasteiger partial charge is 0.495 e. The standard InChI is InChI=1S/C27H33N3O4S/c1-5-30(6-2)19-22-11-9-21(10-12-22)18-28-27(31)23-13-16-25(34-4)26(17-23)35(32,33)29-24-14-7-20(3)8-15-24/h7-17,29H,5-6,18-19H2,1-4H3,(H,28,31). The lowest BCUT2D eigenvalue weighted by atomic mass is 10.1. The fourth-order valence-corrected chi connectivity index (χ4v) is 4.87. The molecule has 3 aromatic carbocycles. The summed E-state index contributed by atoms with van der Waals surface area (Å²) in [6.07, 6.45) is 0. The predicted octanol–water partition coefficient (Wildman–Crippen LogP) is 4.58. The fourth-order valence-electron chi connectivity index (χ4n) is 3.61. The highest BCUT2D eigenvalue weighted by Crippen LogP contribution is 2.27. The van der Waals surface area contributed by atoms with Crippen molar-refractivity contribution >= 4 is 21.6 Å². The van der Waals surface area contributed by atoms with Crippen LogP contribution in [0.4, 0.5) is 5.69 Å². The molecular weight excluding hydrogens is 462 g/mol. The number of methoxy groups -OCH3 is 1. The molecule has 0 bridgehead atoms. The highest BCUT2D eigenvalue weighted by atomic mass is 32.2. The molecule has 0 aromatic heterocycles. The molecule has 0 aliphatic rings. The molecule has 1 amide bonds. The Labute approximate surface area is 208 Å². The van der Waals surface area contributed by atoms with Gasteiger partial charge < -0.3 is 10.1 Å². The van der Waals surface area contributed by atoms with Crippen LogP contribution in [0.5, 0.6) is 5.75 Å². The lowest BCUT2D eigenvalue weighted by Gasteiger charge is -2.18. The molecule has 0 saturated heterocycles. The molecule has 0 saturated carbocycles. The van der Waals surface area contributed by atoms with Crippen LogP contribution in [0.1, 0.15) is 40.9 Å². The molecule has 3 rings (SSSR count). The molecule has 0 aliphatic carbocycles. The summed E-state index contributed by atoms with van der Waals surface area (Å²) in [5.74, 6) is -0.211. The molecular formula is C27H33N3O4S. The van der Waals surface area contributed by atoms with Gasteiger partial charge in [-0.3, -0.25) is 14.4 Å². The number of hydrogen-bond donors (Lipinski definition) is 2. The molecule has 0 aliphatic heterocycles. The summed E-state index contributed by atoms with van der Waals surface area (Å²) in [5.41, 5.74) is 3.85. The quantitative estimate of drug-likeness (QED) is 0.407. The number of rotatable bonds is 11. The first-order chi connectivity index (χ1) is 16.7. The van der Waals surface area contributed by atoms with E-state index < -0.39 is 10.0 Å². The van der Waals surface area contributed by atoms with E-state index in [1.165, 1.54) is 24.8 Å². The molecule has 7 nitrogen and oxygen atoms in total. The van der Waals surface area contributed by atoms with Crippen molar-refractivity contribution in [1.29, 1.82) is 0 Å². The number of sulfonamides is 1. The summed E-state index contributed by atoms with van der Waals surface area (Å²) in [6.45, 7) is 9.41. The number of nitrogens with one attached hydrogen (secondary N) is 2. The molecule has 35 heavy (non-hydrogen) atoms. The average molecular weight is 496 g/mol. The third-order valence-electron chi connectivity index (χ3n) is 5.80. The minimum atomic E-state index is -3.97. The number of carbonyl (C=O) groups excluding carboxylic acids is 1. The Balaban J connectivity index is 1.71. The van der Waals surface area contributed by atoms with Gasteiger partial charge in [-0.05, 0) is 61.5 Å². The Hall–Kier alpha value is -3.36. The van der Waals surface area contributed by atoms with Gasteiger partial charge in [-0.1, -0.05) is 55.8 Å². The Kier molecular flexibility index (Phi) is 8.89. The third kappa shape index (κ3) is 7.07. The molecule has 8 heteroatoms. The van der Waals surface area contributed by atoms with Gasteiger partial charge in [0.1, 0.15) is 10.6 Å². The maximum Gasteiger partial charge on any atom is 0.265 e. The predicted molar refractivity (Wildman–Crippen MR) is 139 cm³/mol. The van der Waals surface area contributed by atoms with Crippen molar-refractivity contribution in [2.75, 3.05) is 24.9 Å². The Morgan fingerprint density at radius 3 is 2.14 bits per heavy atom. The first kappa shape index (κ1) is 26.2. The maximum absolute atomic E-state index is 13.0. The Bertz CT molecular complexity index is 1240. The zero-order chi connectivity index (χ0) is 25.4. The summed E-state index contributed by atoms with van der Waals surface area (Å²) in [5, 5.41) is 2.86. The highest BCUT2D eigenvalue weighted by molar-refractivity contribution is 7.92. The second kappa shape index (κ2) is 11.9. The Morgan fingerprint density at radius 1 is 0.914 bits per heavy atom. The van der Waals surface area contributed by atoms with Crippen molar-refractivity contribution in [1.82, 2.24) is 10.2 Å². The number of ether oxygens (including phenoxy) is 1. The summed E-state index contributed by atoms with van der Waals surface area (Å²) < 4.78 is 33.9. The molecule has 0 heterocycles. The zero-order valence-electron chi connectivity index (χ0n) is 20.7. The van der Waals surface area contributed by atoms with Crippen molar-refractivity contribution < 1.29 is 17.9 Å². The third-order valence-corrected chi connectivity index (χ3v) is 7.20. The number of anilines is 1. The van der Waals surface area contributed by atoms with Crippen LogP contribution < -0.4 is 14.8 Å². The van der Waals surface area contributed by atoms with Crippen LogP contribution in [0, 0.1) is 6.92 Å². The van der Waals surface area contributed by atoms with E-state index in [2.05, 4.69) is 40.9 Å². The van der Waals surface area contributed by atoms with Crippen LogP contribution in [0.3, 0.4) is 0 Å². The van der Waals surface area contributed by atoms with E-state index in [4.69, 9.17) is 4.74 Å². The molecule has 0 spiro atoms. The average Bonchev–Trinajstić information content (AvgIpc) is 2.87. The van der Waals surface area contributed by atoms with E-state index >= 15 is 0 Å². The van der Waals surface area contributed by atoms with E-state index in [1.54, 1.807) is 18.2 Å². The van der Waals surface area contributed by atoms with Gasteiger partial charge in [0.15, 0.2) is 0 Å². The number of amides is 1. The van der Waals surface area contributed by atoms with Crippen LogP contribution >= 0.6 is 0 Å². The first-order valence-electron chi connectivity index (χ1n) is 11.6. The van der Waals surface area contributed by atoms with Crippen LogP contribution in [-0.2, 0) is 23.1 Å². The number of carbonyl (C=O) groups is 1. The van der Waals surface area contributed by atoms with Crippen LogP contribution in [-0.4, -0.2) is 39.4 Å². The van der Waals surface area contributed by atoms with Gasteiger partial charge in [-0.25, -0.2) is 8.42 Å². The number of hydrogen-bond acceptors (Lipinski definition) is 5. The zero-order valence-corrected chi connectivity index (χ0v) is 21.5. The van der Waals surface area contributed by atoms with Crippen molar-refractivity contribution in [3.05, 3.63) is 89.0 Å². The van der Waals surface area contributed by atoms with Gasteiger partial charge >= 0.3 is 0 Å². The van der Waals surface area contributed by atoms with Crippen LogP contribution in [0.25, 0.3) is 0 Å². The van der Waals surface area contributed by atoms with E-state index in [-0.39, 0.29) is 22.1 Å². The second-order valence-corrected chi connectivity index (χ2v) is 9.95. The molecule has 0 unspecified atom stereocenters. The topological polar surface area (TPSA) is 87.7 Å². The van der Waals surface area contributed by atoms with Crippen molar-refractivity contribution in [3.63, 3.8) is 0 Å². The SMILES string of the molecule is CCN(CC)Cc1ccc(CNC(=O)c2ccc(OC)c(S(=O)(=O)Nc3ccc(C)cc3)c2)cc1. The molecule has 186 valence electrons.